The number of nitrogens with zero attached hydrogens (tertiary/aromatic N) is 3. The van der Waals surface area contributed by atoms with Crippen molar-refractivity contribution in [3.05, 3.63) is 52.8 Å². The van der Waals surface area contributed by atoms with Crippen LogP contribution in [0.5, 0.6) is 0 Å². The van der Waals surface area contributed by atoms with Crippen LogP contribution in [0, 0.1) is 13.8 Å². The van der Waals surface area contributed by atoms with Crippen molar-refractivity contribution >= 4 is 32.2 Å². The summed E-state index contributed by atoms with van der Waals surface area (Å²) in [6.45, 7) is 4.43. The lowest BCUT2D eigenvalue weighted by molar-refractivity contribution is -0.130. The van der Waals surface area contributed by atoms with E-state index in [4.69, 9.17) is 0 Å². The number of aryl methyl sites for hydroxylation is 2. The average Bonchev–Trinajstić information content (AvgIpc) is 3.11. The molecule has 1 aromatic carbocycles. The van der Waals surface area contributed by atoms with E-state index in [0.717, 1.165) is 21.2 Å². The van der Waals surface area contributed by atoms with Gasteiger partial charge in [-0.25, -0.2) is 18.1 Å². The van der Waals surface area contributed by atoms with E-state index >= 15 is 0 Å². The molecule has 0 atom stereocenters. The van der Waals surface area contributed by atoms with E-state index < -0.39 is 10.0 Å². The van der Waals surface area contributed by atoms with E-state index in [1.807, 2.05) is 24.4 Å². The van der Waals surface area contributed by atoms with Crippen molar-refractivity contribution in [2.45, 2.75) is 31.7 Å². The fourth-order valence-electron chi connectivity index (χ4n) is 2.78. The standard InChI is InChI=1S/C18H22N4O3S2/c1-13-11-22-16(14(2)20-18(22)26-13)12-21(3)17(23)9-10-19-27(24,25)15-7-5-4-6-8-15/h4-8,11,19H,9-10,12H2,1-3H3. The summed E-state index contributed by atoms with van der Waals surface area (Å²) < 4.78 is 28.9. The molecular weight excluding hydrogens is 384 g/mol. The zero-order chi connectivity index (χ0) is 19.6. The minimum absolute atomic E-state index is 0.0543. The van der Waals surface area contributed by atoms with Crippen LogP contribution in [0.25, 0.3) is 4.96 Å². The van der Waals surface area contributed by atoms with Crippen molar-refractivity contribution < 1.29 is 13.2 Å². The van der Waals surface area contributed by atoms with Gasteiger partial charge in [0, 0.05) is 31.1 Å². The molecule has 0 saturated carbocycles. The van der Waals surface area contributed by atoms with Crippen molar-refractivity contribution in [3.63, 3.8) is 0 Å². The van der Waals surface area contributed by atoms with Crippen LogP contribution in [-0.2, 0) is 21.4 Å². The van der Waals surface area contributed by atoms with E-state index in [-0.39, 0.29) is 23.8 Å². The molecule has 9 heteroatoms. The van der Waals surface area contributed by atoms with Crippen molar-refractivity contribution in [1.82, 2.24) is 19.0 Å². The van der Waals surface area contributed by atoms with Gasteiger partial charge in [0.25, 0.3) is 0 Å². The van der Waals surface area contributed by atoms with Gasteiger partial charge >= 0.3 is 0 Å². The molecule has 0 fully saturated rings. The first-order valence-electron chi connectivity index (χ1n) is 8.50. The quantitative estimate of drug-likeness (QED) is 0.653. The number of amides is 1. The van der Waals surface area contributed by atoms with Crippen molar-refractivity contribution in [2.24, 2.45) is 0 Å². The molecule has 144 valence electrons. The predicted octanol–water partition coefficient (Wildman–Crippen LogP) is 2.34. The van der Waals surface area contributed by atoms with E-state index in [1.54, 1.807) is 41.5 Å². The molecule has 2 aromatic heterocycles. The van der Waals surface area contributed by atoms with Gasteiger partial charge in [0.2, 0.25) is 15.9 Å². The average molecular weight is 407 g/mol. The topological polar surface area (TPSA) is 83.8 Å². The summed E-state index contributed by atoms with van der Waals surface area (Å²) in [5.74, 6) is -0.132. The monoisotopic (exact) mass is 406 g/mol. The highest BCUT2D eigenvalue weighted by Crippen LogP contribution is 2.21. The normalized spacial score (nSPS) is 11.8. The molecule has 0 saturated heterocycles. The Bertz CT molecular complexity index is 1060. The smallest absolute Gasteiger partial charge is 0.240 e. The number of rotatable bonds is 7. The van der Waals surface area contributed by atoms with E-state index in [1.165, 1.54) is 12.1 Å². The molecule has 0 aliphatic carbocycles. The molecule has 2 heterocycles. The number of hydrogen-bond acceptors (Lipinski definition) is 5. The molecule has 27 heavy (non-hydrogen) atoms. The highest BCUT2D eigenvalue weighted by Gasteiger charge is 2.18. The second-order valence-corrected chi connectivity index (χ2v) is 9.33. The molecule has 3 rings (SSSR count). The third-order valence-electron chi connectivity index (χ3n) is 4.24. The van der Waals surface area contributed by atoms with Crippen LogP contribution in [-0.4, -0.2) is 42.2 Å². The Hall–Kier alpha value is -2.23. The van der Waals surface area contributed by atoms with Crippen LogP contribution in [0.1, 0.15) is 22.7 Å². The molecular formula is C18H22N4O3S2. The van der Waals surface area contributed by atoms with Crippen LogP contribution in [0.3, 0.4) is 0 Å². The maximum atomic E-state index is 12.4. The first kappa shape index (κ1) is 19.5. The van der Waals surface area contributed by atoms with Crippen LogP contribution >= 0.6 is 11.3 Å². The van der Waals surface area contributed by atoms with Gasteiger partial charge in [0.15, 0.2) is 4.96 Å². The Balaban J connectivity index is 1.58. The molecule has 1 amide bonds. The van der Waals surface area contributed by atoms with Gasteiger partial charge in [-0.3, -0.25) is 9.20 Å². The Kier molecular flexibility index (Phi) is 5.64. The maximum absolute atomic E-state index is 12.4. The summed E-state index contributed by atoms with van der Waals surface area (Å²) in [5.41, 5.74) is 1.86. The Labute approximate surface area is 162 Å². The third kappa shape index (κ3) is 4.37. The molecule has 0 radical (unpaired) electrons. The molecule has 0 aliphatic rings. The van der Waals surface area contributed by atoms with Gasteiger partial charge in [-0.15, -0.1) is 11.3 Å². The van der Waals surface area contributed by atoms with Gasteiger partial charge < -0.3 is 4.90 Å². The van der Waals surface area contributed by atoms with Gasteiger partial charge in [0.05, 0.1) is 22.8 Å². The fourth-order valence-corrected chi connectivity index (χ4v) is 4.72. The number of sulfonamides is 1. The lowest BCUT2D eigenvalue weighted by atomic mass is 10.3. The van der Waals surface area contributed by atoms with E-state index in [0.29, 0.717) is 6.54 Å². The van der Waals surface area contributed by atoms with Crippen LogP contribution in [0.4, 0.5) is 0 Å². The summed E-state index contributed by atoms with van der Waals surface area (Å²) in [6.07, 6.45) is 2.11. The molecule has 0 unspecified atom stereocenters. The second kappa shape index (κ2) is 7.79. The molecule has 0 aliphatic heterocycles. The Morgan fingerprint density at radius 2 is 1.96 bits per heavy atom. The number of aromatic nitrogens is 2. The molecule has 7 nitrogen and oxygen atoms in total. The van der Waals surface area contributed by atoms with Crippen molar-refractivity contribution in [1.29, 1.82) is 0 Å². The van der Waals surface area contributed by atoms with Gasteiger partial charge in [-0.2, -0.15) is 0 Å². The largest absolute Gasteiger partial charge is 0.340 e. The summed E-state index contributed by atoms with van der Waals surface area (Å²) in [7, 11) is -1.88. The number of nitrogens with one attached hydrogen (secondary N) is 1. The minimum atomic E-state index is -3.60. The number of imidazole rings is 1. The fraction of sp³-hybridized carbons (Fsp3) is 0.333. The maximum Gasteiger partial charge on any atom is 0.240 e. The first-order chi connectivity index (χ1) is 12.8. The molecule has 0 spiro atoms. The second-order valence-electron chi connectivity index (χ2n) is 6.35. The van der Waals surface area contributed by atoms with Crippen molar-refractivity contribution in [2.75, 3.05) is 13.6 Å². The summed E-state index contributed by atoms with van der Waals surface area (Å²) in [5, 5.41) is 0. The Morgan fingerprint density at radius 3 is 2.67 bits per heavy atom. The minimum Gasteiger partial charge on any atom is -0.340 e. The van der Waals surface area contributed by atoms with Gasteiger partial charge in [-0.1, -0.05) is 18.2 Å². The molecule has 1 N–H and O–H groups in total. The van der Waals surface area contributed by atoms with Crippen LogP contribution in [0.2, 0.25) is 0 Å². The highest BCUT2D eigenvalue weighted by atomic mass is 32.2. The van der Waals surface area contributed by atoms with E-state index in [2.05, 4.69) is 9.71 Å². The third-order valence-corrected chi connectivity index (χ3v) is 6.61. The summed E-state index contributed by atoms with van der Waals surface area (Å²) in [6, 6.07) is 8.12. The highest BCUT2D eigenvalue weighted by molar-refractivity contribution is 7.89. The predicted molar refractivity (Wildman–Crippen MR) is 105 cm³/mol. The van der Waals surface area contributed by atoms with E-state index in [9.17, 15) is 13.2 Å². The number of hydrogen-bond donors (Lipinski definition) is 1. The SMILES string of the molecule is Cc1cn2c(CN(C)C(=O)CCNS(=O)(=O)c3ccccc3)c(C)nc2s1. The number of benzene rings is 1. The summed E-state index contributed by atoms with van der Waals surface area (Å²) in [4.78, 5) is 20.8. The lowest BCUT2D eigenvalue weighted by Crippen LogP contribution is -2.32. The molecule has 0 bridgehead atoms. The summed E-state index contributed by atoms with van der Waals surface area (Å²) >= 11 is 1.61. The zero-order valence-corrected chi connectivity index (χ0v) is 17.1. The number of carbonyl (C=O) groups is 1. The number of fused-ring (bicyclic) bond motifs is 1. The first-order valence-corrected chi connectivity index (χ1v) is 10.8. The lowest BCUT2D eigenvalue weighted by Gasteiger charge is -2.17. The van der Waals surface area contributed by atoms with Crippen LogP contribution < -0.4 is 4.72 Å². The Morgan fingerprint density at radius 1 is 1.26 bits per heavy atom. The molecule has 3 aromatic rings. The zero-order valence-electron chi connectivity index (χ0n) is 15.5. The van der Waals surface area contributed by atoms with Crippen LogP contribution in [0.15, 0.2) is 41.4 Å². The van der Waals surface area contributed by atoms with Gasteiger partial charge in [0.1, 0.15) is 0 Å². The van der Waals surface area contributed by atoms with Gasteiger partial charge in [-0.05, 0) is 26.0 Å². The van der Waals surface area contributed by atoms with Crippen molar-refractivity contribution in [3.8, 4) is 0 Å². The number of thiazole rings is 1. The number of carbonyl (C=O) groups excluding carboxylic acids is 1.